The van der Waals surface area contributed by atoms with Crippen LogP contribution in [0.2, 0.25) is 0 Å². The molecule has 106 valence electrons. The minimum absolute atomic E-state index is 0.122. The Kier molecular flexibility index (Phi) is 2.94. The number of fused-ring (bicyclic) bond motifs is 1. The van der Waals surface area contributed by atoms with Gasteiger partial charge in [-0.1, -0.05) is 6.07 Å². The SMILES string of the molecule is Nc1ccc2c(c1)C(=O)N(Cc1ccc(F)c(F)c1)C2=O. The Labute approximate surface area is 118 Å². The summed E-state index contributed by atoms with van der Waals surface area (Å²) in [5.41, 5.74) is 6.79. The van der Waals surface area contributed by atoms with E-state index in [0.29, 0.717) is 11.3 Å². The van der Waals surface area contributed by atoms with Crippen molar-refractivity contribution in [2.24, 2.45) is 0 Å². The van der Waals surface area contributed by atoms with Gasteiger partial charge in [-0.2, -0.15) is 0 Å². The average Bonchev–Trinajstić information content (AvgIpc) is 2.68. The molecule has 1 heterocycles. The Bertz CT molecular complexity index is 774. The summed E-state index contributed by atoms with van der Waals surface area (Å²) in [6, 6.07) is 7.70. The zero-order valence-electron chi connectivity index (χ0n) is 10.8. The van der Waals surface area contributed by atoms with E-state index in [2.05, 4.69) is 0 Å². The van der Waals surface area contributed by atoms with Gasteiger partial charge in [0.15, 0.2) is 11.6 Å². The standard InChI is InChI=1S/C15H10F2N2O2/c16-12-4-1-8(5-13(12)17)7-19-14(20)10-3-2-9(18)6-11(10)15(19)21/h1-6H,7,18H2. The molecule has 2 N–H and O–H groups in total. The molecule has 0 radical (unpaired) electrons. The van der Waals surface area contributed by atoms with Gasteiger partial charge in [0.1, 0.15) is 0 Å². The van der Waals surface area contributed by atoms with Crippen molar-refractivity contribution < 1.29 is 18.4 Å². The molecule has 2 aromatic rings. The molecular formula is C15H10F2N2O2. The van der Waals surface area contributed by atoms with Crippen molar-refractivity contribution >= 4 is 17.5 Å². The summed E-state index contributed by atoms with van der Waals surface area (Å²) in [6.45, 7) is -0.122. The maximum atomic E-state index is 13.2. The summed E-state index contributed by atoms with van der Waals surface area (Å²) in [4.78, 5) is 25.4. The van der Waals surface area contributed by atoms with Crippen LogP contribution in [0.5, 0.6) is 0 Å². The van der Waals surface area contributed by atoms with Gasteiger partial charge in [-0.25, -0.2) is 8.78 Å². The lowest BCUT2D eigenvalue weighted by molar-refractivity contribution is 0.0642. The van der Waals surface area contributed by atoms with Crippen LogP contribution < -0.4 is 5.73 Å². The highest BCUT2D eigenvalue weighted by atomic mass is 19.2. The summed E-state index contributed by atoms with van der Waals surface area (Å²) < 4.78 is 26.1. The molecule has 0 atom stereocenters. The number of nitrogens with zero attached hydrogens (tertiary/aromatic N) is 1. The number of amides is 2. The molecule has 4 nitrogen and oxygen atoms in total. The largest absolute Gasteiger partial charge is 0.399 e. The molecule has 21 heavy (non-hydrogen) atoms. The topological polar surface area (TPSA) is 63.4 Å². The van der Waals surface area contributed by atoms with Gasteiger partial charge in [0.05, 0.1) is 17.7 Å². The van der Waals surface area contributed by atoms with Crippen molar-refractivity contribution in [1.29, 1.82) is 0 Å². The molecule has 2 amide bonds. The van der Waals surface area contributed by atoms with Crippen LogP contribution in [0.15, 0.2) is 36.4 Å². The maximum absolute atomic E-state index is 13.2. The van der Waals surface area contributed by atoms with E-state index >= 15 is 0 Å². The first-order valence-electron chi connectivity index (χ1n) is 6.17. The van der Waals surface area contributed by atoms with Gasteiger partial charge >= 0.3 is 0 Å². The number of anilines is 1. The fourth-order valence-corrected chi connectivity index (χ4v) is 2.27. The molecule has 0 spiro atoms. The molecule has 1 aliphatic heterocycles. The Hall–Kier alpha value is -2.76. The van der Waals surface area contributed by atoms with Crippen molar-refractivity contribution in [2.75, 3.05) is 5.73 Å². The van der Waals surface area contributed by atoms with Crippen LogP contribution in [0, 0.1) is 11.6 Å². The second-order valence-corrected chi connectivity index (χ2v) is 4.75. The molecule has 0 bridgehead atoms. The van der Waals surface area contributed by atoms with E-state index in [4.69, 9.17) is 5.73 Å². The number of rotatable bonds is 2. The number of carbonyl (C=O) groups is 2. The lowest BCUT2D eigenvalue weighted by Gasteiger charge is -2.13. The highest BCUT2D eigenvalue weighted by molar-refractivity contribution is 6.21. The monoisotopic (exact) mass is 288 g/mol. The first-order chi connectivity index (χ1) is 9.97. The molecule has 0 saturated carbocycles. The van der Waals surface area contributed by atoms with Crippen molar-refractivity contribution in [3.8, 4) is 0 Å². The van der Waals surface area contributed by atoms with Crippen molar-refractivity contribution in [3.63, 3.8) is 0 Å². The van der Waals surface area contributed by atoms with Gasteiger partial charge in [-0.15, -0.1) is 0 Å². The number of hydrogen-bond donors (Lipinski definition) is 1. The minimum atomic E-state index is -1.02. The number of halogens is 2. The first-order valence-corrected chi connectivity index (χ1v) is 6.17. The lowest BCUT2D eigenvalue weighted by atomic mass is 10.1. The van der Waals surface area contributed by atoms with Crippen molar-refractivity contribution in [3.05, 3.63) is 64.7 Å². The van der Waals surface area contributed by atoms with E-state index in [9.17, 15) is 18.4 Å². The second kappa shape index (κ2) is 4.66. The van der Waals surface area contributed by atoms with Gasteiger partial charge in [0, 0.05) is 5.69 Å². The van der Waals surface area contributed by atoms with E-state index in [0.717, 1.165) is 17.0 Å². The van der Waals surface area contributed by atoms with Gasteiger partial charge in [-0.3, -0.25) is 14.5 Å². The van der Waals surface area contributed by atoms with E-state index in [1.165, 1.54) is 24.3 Å². The van der Waals surface area contributed by atoms with Gasteiger partial charge in [0.2, 0.25) is 0 Å². The molecule has 0 saturated heterocycles. The number of carbonyl (C=O) groups excluding carboxylic acids is 2. The summed E-state index contributed by atoms with van der Waals surface area (Å²) in [5.74, 6) is -2.96. The van der Waals surface area contributed by atoms with Crippen LogP contribution in [0.3, 0.4) is 0 Å². The predicted molar refractivity (Wildman–Crippen MR) is 71.4 cm³/mol. The highest BCUT2D eigenvalue weighted by Gasteiger charge is 2.35. The Balaban J connectivity index is 1.93. The smallest absolute Gasteiger partial charge is 0.261 e. The third-order valence-corrected chi connectivity index (χ3v) is 3.32. The van der Waals surface area contributed by atoms with Gasteiger partial charge in [0.25, 0.3) is 11.8 Å². The van der Waals surface area contributed by atoms with Crippen LogP contribution in [-0.2, 0) is 6.54 Å². The van der Waals surface area contributed by atoms with E-state index in [1.54, 1.807) is 0 Å². The lowest BCUT2D eigenvalue weighted by Crippen LogP contribution is -2.29. The summed E-state index contributed by atoms with van der Waals surface area (Å²) >= 11 is 0. The number of benzene rings is 2. The first kappa shape index (κ1) is 13.2. The predicted octanol–water partition coefficient (Wildman–Crippen LogP) is 2.34. The van der Waals surface area contributed by atoms with E-state index < -0.39 is 23.4 Å². The zero-order chi connectivity index (χ0) is 15.1. The Morgan fingerprint density at radius 1 is 0.905 bits per heavy atom. The minimum Gasteiger partial charge on any atom is -0.399 e. The van der Waals surface area contributed by atoms with Gasteiger partial charge < -0.3 is 5.73 Å². The van der Waals surface area contributed by atoms with Crippen LogP contribution in [0.1, 0.15) is 26.3 Å². The molecule has 3 rings (SSSR count). The third kappa shape index (κ3) is 2.14. The van der Waals surface area contributed by atoms with Crippen LogP contribution >= 0.6 is 0 Å². The second-order valence-electron chi connectivity index (χ2n) is 4.75. The Morgan fingerprint density at radius 2 is 1.62 bits per heavy atom. The third-order valence-electron chi connectivity index (χ3n) is 3.32. The number of imide groups is 1. The molecule has 2 aromatic carbocycles. The van der Waals surface area contributed by atoms with E-state index in [1.807, 2.05) is 0 Å². The van der Waals surface area contributed by atoms with Crippen molar-refractivity contribution in [2.45, 2.75) is 6.54 Å². The van der Waals surface area contributed by atoms with Crippen LogP contribution in [0.4, 0.5) is 14.5 Å². The maximum Gasteiger partial charge on any atom is 0.261 e. The molecule has 0 aliphatic carbocycles. The highest BCUT2D eigenvalue weighted by Crippen LogP contribution is 2.26. The molecule has 0 fully saturated rings. The normalized spacial score (nSPS) is 13.7. The number of hydrogen-bond acceptors (Lipinski definition) is 3. The summed E-state index contributed by atoms with van der Waals surface area (Å²) in [7, 11) is 0. The zero-order valence-corrected chi connectivity index (χ0v) is 10.8. The van der Waals surface area contributed by atoms with Crippen LogP contribution in [0.25, 0.3) is 0 Å². The molecule has 6 heteroatoms. The fourth-order valence-electron chi connectivity index (χ4n) is 2.27. The molecule has 1 aliphatic rings. The number of nitrogen functional groups attached to an aromatic ring is 1. The average molecular weight is 288 g/mol. The van der Waals surface area contributed by atoms with Crippen molar-refractivity contribution in [1.82, 2.24) is 4.90 Å². The fraction of sp³-hybridized carbons (Fsp3) is 0.0667. The molecule has 0 aromatic heterocycles. The summed E-state index contributed by atoms with van der Waals surface area (Å²) in [5, 5.41) is 0. The Morgan fingerprint density at radius 3 is 2.33 bits per heavy atom. The molecule has 0 unspecified atom stereocenters. The number of nitrogens with two attached hydrogens (primary N) is 1. The van der Waals surface area contributed by atoms with E-state index in [-0.39, 0.29) is 17.7 Å². The quantitative estimate of drug-likeness (QED) is 0.681. The van der Waals surface area contributed by atoms with Gasteiger partial charge in [-0.05, 0) is 35.9 Å². The molecular weight excluding hydrogens is 278 g/mol. The summed E-state index contributed by atoms with van der Waals surface area (Å²) in [6.07, 6.45) is 0. The van der Waals surface area contributed by atoms with Crippen LogP contribution in [-0.4, -0.2) is 16.7 Å².